The van der Waals surface area contributed by atoms with Crippen LogP contribution in [-0.4, -0.2) is 11.7 Å². The van der Waals surface area contributed by atoms with Crippen LogP contribution in [0.2, 0.25) is 0 Å². The maximum atomic E-state index is 5.20. The zero-order valence-electron chi connectivity index (χ0n) is 12.8. The van der Waals surface area contributed by atoms with E-state index in [9.17, 15) is 0 Å². The van der Waals surface area contributed by atoms with Crippen molar-refractivity contribution in [2.75, 3.05) is 11.9 Å². The van der Waals surface area contributed by atoms with Gasteiger partial charge in [0.15, 0.2) is 5.11 Å². The topological polar surface area (TPSA) is 24.1 Å². The second-order valence-electron chi connectivity index (χ2n) is 5.02. The van der Waals surface area contributed by atoms with Gasteiger partial charge in [-0.3, -0.25) is 0 Å². The van der Waals surface area contributed by atoms with E-state index in [-0.39, 0.29) is 0 Å². The van der Waals surface area contributed by atoms with E-state index in [2.05, 4.69) is 61.4 Å². The molecule has 0 atom stereocenters. The van der Waals surface area contributed by atoms with Gasteiger partial charge in [0.2, 0.25) is 0 Å². The average Bonchev–Trinajstić information content (AvgIpc) is 2.51. The Balaban J connectivity index is 2.01. The zero-order valence-corrected chi connectivity index (χ0v) is 14.5. The molecule has 2 aromatic rings. The van der Waals surface area contributed by atoms with E-state index in [0.717, 1.165) is 5.69 Å². The summed E-state index contributed by atoms with van der Waals surface area (Å²) in [5, 5.41) is 6.80. The van der Waals surface area contributed by atoms with Crippen molar-refractivity contribution in [3.05, 3.63) is 66.2 Å². The number of thiocarbonyl (C=S) groups is 1. The minimum absolute atomic E-state index is 0.606. The van der Waals surface area contributed by atoms with Gasteiger partial charge < -0.3 is 10.6 Å². The van der Waals surface area contributed by atoms with E-state index in [1.165, 1.54) is 20.9 Å². The van der Waals surface area contributed by atoms with Crippen molar-refractivity contribution in [1.29, 1.82) is 0 Å². The summed E-state index contributed by atoms with van der Waals surface area (Å²) in [5.74, 6) is 0. The first-order chi connectivity index (χ1) is 10.6. The third kappa shape index (κ3) is 4.90. The molecule has 0 saturated carbocycles. The van der Waals surface area contributed by atoms with Crippen LogP contribution >= 0.6 is 24.0 Å². The number of hydrogen-bond donors (Lipinski definition) is 2. The average molecular weight is 329 g/mol. The number of benzene rings is 2. The highest BCUT2D eigenvalue weighted by Crippen LogP contribution is 2.31. The van der Waals surface area contributed by atoms with Gasteiger partial charge in [-0.15, -0.1) is 6.58 Å². The summed E-state index contributed by atoms with van der Waals surface area (Å²) >= 11 is 6.98. The number of nitrogens with one attached hydrogen (secondary N) is 2. The van der Waals surface area contributed by atoms with Crippen molar-refractivity contribution in [3.63, 3.8) is 0 Å². The van der Waals surface area contributed by atoms with Crippen LogP contribution in [0.5, 0.6) is 0 Å². The minimum atomic E-state index is 0.606. The predicted octanol–water partition coefficient (Wildman–Crippen LogP) is 4.93. The molecule has 0 radical (unpaired) electrons. The van der Waals surface area contributed by atoms with Gasteiger partial charge in [0.1, 0.15) is 0 Å². The van der Waals surface area contributed by atoms with Crippen molar-refractivity contribution >= 4 is 34.8 Å². The molecular formula is C18H20N2S2. The number of aryl methyl sites for hydroxylation is 2. The number of hydrogen-bond acceptors (Lipinski definition) is 2. The lowest BCUT2D eigenvalue weighted by Gasteiger charge is -2.10. The highest BCUT2D eigenvalue weighted by molar-refractivity contribution is 7.99. The second-order valence-corrected chi connectivity index (χ2v) is 6.54. The van der Waals surface area contributed by atoms with Gasteiger partial charge in [0, 0.05) is 22.0 Å². The molecule has 0 bridgehead atoms. The van der Waals surface area contributed by atoms with Gasteiger partial charge in [0.25, 0.3) is 0 Å². The number of anilines is 1. The Morgan fingerprint density at radius 1 is 1.18 bits per heavy atom. The summed E-state index contributed by atoms with van der Waals surface area (Å²) < 4.78 is 0. The molecule has 4 heteroatoms. The minimum Gasteiger partial charge on any atom is -0.359 e. The maximum Gasteiger partial charge on any atom is 0.171 e. The predicted molar refractivity (Wildman–Crippen MR) is 101 cm³/mol. The Morgan fingerprint density at radius 2 is 1.91 bits per heavy atom. The molecule has 2 nitrogen and oxygen atoms in total. The number of rotatable bonds is 5. The first-order valence-corrected chi connectivity index (χ1v) is 8.32. The SMILES string of the molecule is C=CCNC(=S)Nc1ccc(Sc2cc(C)ccc2C)cc1. The van der Waals surface area contributed by atoms with Crippen molar-refractivity contribution in [1.82, 2.24) is 5.32 Å². The molecule has 0 fully saturated rings. The molecule has 0 aromatic heterocycles. The molecule has 0 spiro atoms. The fourth-order valence-electron chi connectivity index (χ4n) is 1.89. The van der Waals surface area contributed by atoms with E-state index in [0.29, 0.717) is 11.7 Å². The Kier molecular flexibility index (Phi) is 6.04. The summed E-state index contributed by atoms with van der Waals surface area (Å²) in [6, 6.07) is 14.8. The molecule has 0 aliphatic carbocycles. The summed E-state index contributed by atoms with van der Waals surface area (Å²) in [4.78, 5) is 2.51. The molecule has 2 aromatic carbocycles. The maximum absolute atomic E-state index is 5.20. The Bertz CT molecular complexity index is 663. The molecule has 2 rings (SSSR count). The highest BCUT2D eigenvalue weighted by atomic mass is 32.2. The van der Waals surface area contributed by atoms with E-state index in [4.69, 9.17) is 12.2 Å². The summed E-state index contributed by atoms with van der Waals surface area (Å²) in [6.45, 7) is 8.57. The van der Waals surface area contributed by atoms with E-state index >= 15 is 0 Å². The van der Waals surface area contributed by atoms with Gasteiger partial charge in [0.05, 0.1) is 0 Å². The van der Waals surface area contributed by atoms with Crippen molar-refractivity contribution in [2.24, 2.45) is 0 Å². The first kappa shape index (κ1) is 16.6. The molecule has 2 N–H and O–H groups in total. The van der Waals surface area contributed by atoms with Crippen LogP contribution in [0.25, 0.3) is 0 Å². The fraction of sp³-hybridized carbons (Fsp3) is 0.167. The first-order valence-electron chi connectivity index (χ1n) is 7.09. The lowest BCUT2D eigenvalue weighted by molar-refractivity contribution is 1.06. The van der Waals surface area contributed by atoms with Crippen LogP contribution in [0.1, 0.15) is 11.1 Å². The van der Waals surface area contributed by atoms with Gasteiger partial charge in [-0.2, -0.15) is 0 Å². The molecule has 0 unspecified atom stereocenters. The summed E-state index contributed by atoms with van der Waals surface area (Å²) in [5.41, 5.74) is 3.56. The molecule has 0 amide bonds. The molecule has 0 heterocycles. The largest absolute Gasteiger partial charge is 0.359 e. The molecule has 22 heavy (non-hydrogen) atoms. The molecular weight excluding hydrogens is 308 g/mol. The van der Waals surface area contributed by atoms with Gasteiger partial charge >= 0.3 is 0 Å². The molecule has 0 aliphatic rings. The van der Waals surface area contributed by atoms with Crippen LogP contribution in [0, 0.1) is 13.8 Å². The Morgan fingerprint density at radius 3 is 2.59 bits per heavy atom. The highest BCUT2D eigenvalue weighted by Gasteiger charge is 2.03. The van der Waals surface area contributed by atoms with Crippen molar-refractivity contribution in [3.8, 4) is 0 Å². The molecule has 0 aliphatic heterocycles. The normalized spacial score (nSPS) is 10.1. The molecule has 0 saturated heterocycles. The van der Waals surface area contributed by atoms with Crippen molar-refractivity contribution in [2.45, 2.75) is 23.6 Å². The Hall–Kier alpha value is -1.78. The summed E-state index contributed by atoms with van der Waals surface area (Å²) in [6.07, 6.45) is 1.78. The van der Waals surface area contributed by atoms with Gasteiger partial charge in [-0.05, 0) is 67.5 Å². The van der Waals surface area contributed by atoms with Crippen LogP contribution < -0.4 is 10.6 Å². The van der Waals surface area contributed by atoms with E-state index in [1.807, 2.05) is 12.1 Å². The standard InChI is InChI=1S/C18H20N2S2/c1-4-11-19-18(21)20-15-7-9-16(10-8-15)22-17-12-13(2)5-6-14(17)3/h4-10,12H,1,11H2,2-3H3,(H2,19,20,21). The zero-order chi connectivity index (χ0) is 15.9. The lowest BCUT2D eigenvalue weighted by atomic mass is 10.2. The van der Waals surface area contributed by atoms with Crippen molar-refractivity contribution < 1.29 is 0 Å². The molecule has 114 valence electrons. The lowest BCUT2D eigenvalue weighted by Crippen LogP contribution is -2.28. The fourth-order valence-corrected chi connectivity index (χ4v) is 3.09. The van der Waals surface area contributed by atoms with Gasteiger partial charge in [-0.25, -0.2) is 0 Å². The third-order valence-electron chi connectivity index (χ3n) is 3.09. The van der Waals surface area contributed by atoms with E-state index in [1.54, 1.807) is 17.8 Å². The summed E-state index contributed by atoms with van der Waals surface area (Å²) in [7, 11) is 0. The van der Waals surface area contributed by atoms with Gasteiger partial charge in [-0.1, -0.05) is 30.0 Å². The quantitative estimate of drug-likeness (QED) is 0.600. The van der Waals surface area contributed by atoms with E-state index < -0.39 is 0 Å². The van der Waals surface area contributed by atoms with Crippen LogP contribution in [0.15, 0.2) is 64.9 Å². The third-order valence-corrected chi connectivity index (χ3v) is 4.50. The van der Waals surface area contributed by atoms with Crippen LogP contribution in [-0.2, 0) is 0 Å². The second kappa shape index (κ2) is 8.01. The Labute approximate surface area is 142 Å². The van der Waals surface area contributed by atoms with Crippen LogP contribution in [0.4, 0.5) is 5.69 Å². The monoisotopic (exact) mass is 328 g/mol. The van der Waals surface area contributed by atoms with Crippen LogP contribution in [0.3, 0.4) is 0 Å². The smallest absolute Gasteiger partial charge is 0.171 e.